The molecule has 0 atom stereocenters. The largest absolute Gasteiger partial charge is 0.463 e. The van der Waals surface area contributed by atoms with Crippen LogP contribution in [0.3, 0.4) is 0 Å². The first-order valence-corrected chi connectivity index (χ1v) is 7.14. The van der Waals surface area contributed by atoms with Crippen molar-refractivity contribution in [2.45, 2.75) is 44.1 Å². The monoisotopic (exact) mass is 273 g/mol. The minimum absolute atomic E-state index is 0.0494. The Morgan fingerprint density at radius 2 is 1.79 bits per heavy atom. The molecule has 1 saturated carbocycles. The maximum Gasteiger partial charge on any atom is 0.307 e. The van der Waals surface area contributed by atoms with Gasteiger partial charge in [0.15, 0.2) is 0 Å². The summed E-state index contributed by atoms with van der Waals surface area (Å²) >= 11 is 0. The van der Waals surface area contributed by atoms with Gasteiger partial charge >= 0.3 is 5.97 Å². The Kier molecular flexibility index (Phi) is 8.02. The third-order valence-electron chi connectivity index (χ3n) is 3.75. The van der Waals surface area contributed by atoms with Crippen LogP contribution in [0.15, 0.2) is 0 Å². The lowest BCUT2D eigenvalue weighted by Crippen LogP contribution is -2.46. The van der Waals surface area contributed by atoms with Crippen LogP contribution < -0.4 is 5.32 Å². The number of nitrogens with one attached hydrogen (secondary N) is 1. The first-order valence-electron chi connectivity index (χ1n) is 7.14. The van der Waals surface area contributed by atoms with Gasteiger partial charge in [0.2, 0.25) is 0 Å². The Hall–Kier alpha value is -0.650. The van der Waals surface area contributed by atoms with Crippen LogP contribution in [-0.4, -0.2) is 52.1 Å². The van der Waals surface area contributed by atoms with Crippen molar-refractivity contribution in [1.82, 2.24) is 5.32 Å². The minimum atomic E-state index is -0.133. The molecule has 0 radical (unpaired) electrons. The van der Waals surface area contributed by atoms with E-state index in [0.717, 1.165) is 12.8 Å². The van der Waals surface area contributed by atoms with Gasteiger partial charge < -0.3 is 19.5 Å². The highest BCUT2D eigenvalue weighted by molar-refractivity contribution is 5.71. The second kappa shape index (κ2) is 9.28. The Bertz CT molecular complexity index is 252. The quantitative estimate of drug-likeness (QED) is 0.510. The Morgan fingerprint density at radius 1 is 1.11 bits per heavy atom. The molecular formula is C14H27NO4. The van der Waals surface area contributed by atoms with Gasteiger partial charge in [-0.15, -0.1) is 0 Å². The number of rotatable bonds is 9. The molecule has 0 saturated heterocycles. The van der Waals surface area contributed by atoms with E-state index in [0.29, 0.717) is 32.8 Å². The van der Waals surface area contributed by atoms with Gasteiger partial charge in [-0.1, -0.05) is 19.3 Å². The fourth-order valence-corrected chi connectivity index (χ4v) is 2.53. The molecule has 0 unspecified atom stereocenters. The Labute approximate surface area is 116 Å². The summed E-state index contributed by atoms with van der Waals surface area (Å²) in [6, 6.07) is 0. The van der Waals surface area contributed by atoms with Crippen LogP contribution >= 0.6 is 0 Å². The summed E-state index contributed by atoms with van der Waals surface area (Å²) in [6.07, 6.45) is 6.22. The standard InChI is InChI=1S/C14H27NO4/c1-15-14(6-4-3-5-7-14)12-13(16)19-11-10-18-9-8-17-2/h15H,3-12H2,1-2H3. The zero-order valence-corrected chi connectivity index (χ0v) is 12.2. The molecular weight excluding hydrogens is 246 g/mol. The van der Waals surface area contributed by atoms with E-state index in [2.05, 4.69) is 5.32 Å². The van der Waals surface area contributed by atoms with Crippen molar-refractivity contribution in [3.05, 3.63) is 0 Å². The molecule has 5 heteroatoms. The summed E-state index contributed by atoms with van der Waals surface area (Å²) in [6.45, 7) is 1.86. The SMILES string of the molecule is CNC1(CC(=O)OCCOCCOC)CCCCC1. The molecule has 1 N–H and O–H groups in total. The van der Waals surface area contributed by atoms with Crippen LogP contribution in [-0.2, 0) is 19.0 Å². The highest BCUT2D eigenvalue weighted by Gasteiger charge is 2.33. The second-order valence-electron chi connectivity index (χ2n) is 5.09. The van der Waals surface area contributed by atoms with Gasteiger partial charge in [-0.25, -0.2) is 0 Å². The van der Waals surface area contributed by atoms with Crippen molar-refractivity contribution in [2.75, 3.05) is 40.6 Å². The molecule has 0 aliphatic heterocycles. The summed E-state index contributed by atoms with van der Waals surface area (Å²) in [5.74, 6) is -0.133. The van der Waals surface area contributed by atoms with E-state index in [9.17, 15) is 4.79 Å². The van der Waals surface area contributed by atoms with Gasteiger partial charge in [0, 0.05) is 12.6 Å². The number of hydrogen-bond acceptors (Lipinski definition) is 5. The van der Waals surface area contributed by atoms with E-state index in [1.807, 2.05) is 7.05 Å². The summed E-state index contributed by atoms with van der Waals surface area (Å²) < 4.78 is 15.3. The first kappa shape index (κ1) is 16.4. The molecule has 19 heavy (non-hydrogen) atoms. The molecule has 5 nitrogen and oxygen atoms in total. The van der Waals surface area contributed by atoms with E-state index in [-0.39, 0.29) is 11.5 Å². The predicted octanol–water partition coefficient (Wildman–Crippen LogP) is 1.50. The highest BCUT2D eigenvalue weighted by Crippen LogP contribution is 2.30. The smallest absolute Gasteiger partial charge is 0.307 e. The number of esters is 1. The van der Waals surface area contributed by atoms with Crippen molar-refractivity contribution < 1.29 is 19.0 Å². The summed E-state index contributed by atoms with van der Waals surface area (Å²) in [7, 11) is 3.57. The van der Waals surface area contributed by atoms with Crippen LogP contribution in [0.1, 0.15) is 38.5 Å². The molecule has 0 aromatic carbocycles. The molecule has 1 rings (SSSR count). The fourth-order valence-electron chi connectivity index (χ4n) is 2.53. The topological polar surface area (TPSA) is 56.8 Å². The van der Waals surface area contributed by atoms with E-state index < -0.39 is 0 Å². The number of ether oxygens (including phenoxy) is 3. The van der Waals surface area contributed by atoms with E-state index in [1.165, 1.54) is 19.3 Å². The van der Waals surface area contributed by atoms with Crippen LogP contribution in [0.25, 0.3) is 0 Å². The number of methoxy groups -OCH3 is 1. The fraction of sp³-hybridized carbons (Fsp3) is 0.929. The zero-order valence-electron chi connectivity index (χ0n) is 12.2. The number of carbonyl (C=O) groups excluding carboxylic acids is 1. The number of carbonyl (C=O) groups is 1. The normalized spacial score (nSPS) is 18.2. The third-order valence-corrected chi connectivity index (χ3v) is 3.75. The van der Waals surface area contributed by atoms with Crippen molar-refractivity contribution in [2.24, 2.45) is 0 Å². The average molecular weight is 273 g/mol. The van der Waals surface area contributed by atoms with Crippen molar-refractivity contribution in [3.63, 3.8) is 0 Å². The molecule has 112 valence electrons. The maximum atomic E-state index is 11.8. The Balaban J connectivity index is 2.15. The predicted molar refractivity (Wildman–Crippen MR) is 73.1 cm³/mol. The molecule has 1 aliphatic carbocycles. The molecule has 0 aromatic heterocycles. The third kappa shape index (κ3) is 6.36. The lowest BCUT2D eigenvalue weighted by atomic mass is 9.79. The summed E-state index contributed by atoms with van der Waals surface area (Å²) in [5.41, 5.74) is -0.0494. The number of hydrogen-bond donors (Lipinski definition) is 1. The molecule has 0 amide bonds. The first-order chi connectivity index (χ1) is 9.22. The minimum Gasteiger partial charge on any atom is -0.463 e. The summed E-state index contributed by atoms with van der Waals surface area (Å²) in [5, 5.41) is 3.32. The zero-order chi connectivity index (χ0) is 14.0. The average Bonchev–Trinajstić information content (AvgIpc) is 2.43. The molecule has 1 fully saturated rings. The van der Waals surface area contributed by atoms with Crippen LogP contribution in [0.5, 0.6) is 0 Å². The van der Waals surface area contributed by atoms with Gasteiger partial charge in [-0.2, -0.15) is 0 Å². The van der Waals surface area contributed by atoms with Crippen LogP contribution in [0, 0.1) is 0 Å². The van der Waals surface area contributed by atoms with Crippen molar-refractivity contribution >= 4 is 5.97 Å². The van der Waals surface area contributed by atoms with Crippen LogP contribution in [0.2, 0.25) is 0 Å². The lowest BCUT2D eigenvalue weighted by molar-refractivity contribution is -0.147. The Morgan fingerprint density at radius 3 is 2.42 bits per heavy atom. The van der Waals surface area contributed by atoms with Gasteiger partial charge in [0.05, 0.1) is 26.2 Å². The van der Waals surface area contributed by atoms with Gasteiger partial charge in [0.25, 0.3) is 0 Å². The molecule has 0 heterocycles. The summed E-state index contributed by atoms with van der Waals surface area (Å²) in [4.78, 5) is 11.8. The molecule has 0 spiro atoms. The van der Waals surface area contributed by atoms with Crippen molar-refractivity contribution in [3.8, 4) is 0 Å². The van der Waals surface area contributed by atoms with Gasteiger partial charge in [-0.05, 0) is 19.9 Å². The maximum absolute atomic E-state index is 11.8. The second-order valence-corrected chi connectivity index (χ2v) is 5.09. The molecule has 0 bridgehead atoms. The molecule has 0 aromatic rings. The highest BCUT2D eigenvalue weighted by atomic mass is 16.6. The van der Waals surface area contributed by atoms with Crippen LogP contribution in [0.4, 0.5) is 0 Å². The molecule has 1 aliphatic rings. The van der Waals surface area contributed by atoms with Gasteiger partial charge in [0.1, 0.15) is 6.61 Å². The lowest BCUT2D eigenvalue weighted by Gasteiger charge is -2.36. The van der Waals surface area contributed by atoms with Crippen molar-refractivity contribution in [1.29, 1.82) is 0 Å². The van der Waals surface area contributed by atoms with Gasteiger partial charge in [-0.3, -0.25) is 4.79 Å². The van der Waals surface area contributed by atoms with E-state index in [4.69, 9.17) is 14.2 Å². The van der Waals surface area contributed by atoms with E-state index >= 15 is 0 Å². The van der Waals surface area contributed by atoms with E-state index in [1.54, 1.807) is 7.11 Å².